The standard InChI is InChI=1S/C24H27N7O4S/c1-5-31(3)24(34)17-12-26-23(36-17)14-7-6-8-15(20(14)35-4)27-16-11-18(28-21(32)13-9-10-13)29-30-19(16)22(33)25-2/h6-8,11-13H,5,9-10H2,1-4H3,(H,25,33)(H2,27,28,29,32)/i2D3. The van der Waals surface area contributed by atoms with Gasteiger partial charge in [0.25, 0.3) is 11.8 Å². The van der Waals surface area contributed by atoms with Gasteiger partial charge >= 0.3 is 0 Å². The number of carbonyl (C=O) groups excluding carboxylic acids is 3. The molecule has 36 heavy (non-hydrogen) atoms. The molecule has 3 N–H and O–H groups in total. The molecule has 0 unspecified atom stereocenters. The molecule has 188 valence electrons. The minimum atomic E-state index is -2.75. The number of rotatable bonds is 9. The molecule has 12 heteroatoms. The smallest absolute Gasteiger partial charge is 0.273 e. The Kier molecular flexibility index (Phi) is 6.31. The number of ether oxygens (including phenoxy) is 1. The summed E-state index contributed by atoms with van der Waals surface area (Å²) in [6.45, 7) is -0.324. The Labute approximate surface area is 216 Å². The third-order valence-corrected chi connectivity index (χ3v) is 6.60. The van der Waals surface area contributed by atoms with E-state index in [0.29, 0.717) is 33.4 Å². The summed E-state index contributed by atoms with van der Waals surface area (Å²) < 4.78 is 27.8. The van der Waals surface area contributed by atoms with Crippen LogP contribution >= 0.6 is 11.3 Å². The zero-order valence-corrected chi connectivity index (χ0v) is 20.7. The fourth-order valence-corrected chi connectivity index (χ4v) is 4.28. The molecule has 11 nitrogen and oxygen atoms in total. The van der Waals surface area contributed by atoms with Crippen LogP contribution in [0.5, 0.6) is 5.75 Å². The van der Waals surface area contributed by atoms with Gasteiger partial charge in [-0.25, -0.2) is 4.98 Å². The van der Waals surface area contributed by atoms with Crippen molar-refractivity contribution in [2.45, 2.75) is 19.8 Å². The summed E-state index contributed by atoms with van der Waals surface area (Å²) >= 11 is 1.21. The highest BCUT2D eigenvalue weighted by Gasteiger charge is 2.30. The van der Waals surface area contributed by atoms with Gasteiger partial charge in [0.05, 0.1) is 30.2 Å². The van der Waals surface area contributed by atoms with Crippen LogP contribution in [0.4, 0.5) is 17.2 Å². The molecule has 3 amide bonds. The summed E-state index contributed by atoms with van der Waals surface area (Å²) in [6.07, 6.45) is 3.07. The van der Waals surface area contributed by atoms with Crippen LogP contribution in [0.25, 0.3) is 10.6 Å². The van der Waals surface area contributed by atoms with Gasteiger partial charge in [-0.05, 0) is 31.9 Å². The van der Waals surface area contributed by atoms with E-state index in [2.05, 4.69) is 25.8 Å². The van der Waals surface area contributed by atoms with Gasteiger partial charge in [0.15, 0.2) is 17.3 Å². The topological polar surface area (TPSA) is 138 Å². The van der Waals surface area contributed by atoms with E-state index >= 15 is 0 Å². The zero-order valence-electron chi connectivity index (χ0n) is 22.9. The van der Waals surface area contributed by atoms with Crippen molar-refractivity contribution in [1.82, 2.24) is 25.4 Å². The lowest BCUT2D eigenvalue weighted by molar-refractivity contribution is -0.117. The molecule has 0 aliphatic heterocycles. The van der Waals surface area contributed by atoms with Gasteiger partial charge in [-0.1, -0.05) is 6.07 Å². The van der Waals surface area contributed by atoms with Crippen molar-refractivity contribution in [1.29, 1.82) is 0 Å². The van der Waals surface area contributed by atoms with E-state index in [4.69, 9.17) is 8.85 Å². The second kappa shape index (κ2) is 10.7. The van der Waals surface area contributed by atoms with E-state index in [9.17, 15) is 14.4 Å². The highest BCUT2D eigenvalue weighted by molar-refractivity contribution is 7.17. The minimum absolute atomic E-state index is 0.0906. The minimum Gasteiger partial charge on any atom is -0.494 e. The number of nitrogens with one attached hydrogen (secondary N) is 3. The first-order valence-electron chi connectivity index (χ1n) is 12.7. The van der Waals surface area contributed by atoms with E-state index in [0.717, 1.165) is 12.8 Å². The number of hydrogen-bond donors (Lipinski definition) is 3. The average Bonchev–Trinajstić information content (AvgIpc) is 3.63. The number of nitrogens with zero attached hydrogens (tertiary/aromatic N) is 4. The van der Waals surface area contributed by atoms with Crippen molar-refractivity contribution >= 4 is 46.3 Å². The van der Waals surface area contributed by atoms with Gasteiger partial charge in [0.1, 0.15) is 9.88 Å². The molecule has 1 saturated carbocycles. The van der Waals surface area contributed by atoms with Crippen LogP contribution in [0.3, 0.4) is 0 Å². The maximum atomic E-state index is 12.7. The number of anilines is 3. The molecule has 1 fully saturated rings. The average molecular weight is 513 g/mol. The molecular formula is C24H27N7O4S. The molecule has 0 spiro atoms. The van der Waals surface area contributed by atoms with Crippen molar-refractivity contribution in [2.75, 3.05) is 38.3 Å². The lowest BCUT2D eigenvalue weighted by atomic mass is 10.1. The van der Waals surface area contributed by atoms with Crippen LogP contribution in [-0.4, -0.2) is 65.5 Å². The summed E-state index contributed by atoms with van der Waals surface area (Å²) in [5, 5.41) is 15.9. The maximum Gasteiger partial charge on any atom is 0.273 e. The molecule has 0 bridgehead atoms. The zero-order chi connectivity index (χ0) is 28.3. The summed E-state index contributed by atoms with van der Waals surface area (Å²) in [7, 11) is 3.17. The monoisotopic (exact) mass is 512 g/mol. The van der Waals surface area contributed by atoms with Crippen molar-refractivity contribution in [2.24, 2.45) is 5.92 Å². The number of benzene rings is 1. The Morgan fingerprint density at radius 3 is 2.75 bits per heavy atom. The number of methoxy groups -OCH3 is 1. The van der Waals surface area contributed by atoms with Crippen LogP contribution in [0.15, 0.2) is 30.5 Å². The molecule has 4 rings (SSSR count). The second-order valence-corrected chi connectivity index (χ2v) is 9.10. The summed E-state index contributed by atoms with van der Waals surface area (Å²) in [6, 6.07) is 6.58. The normalized spacial score (nSPS) is 14.1. The maximum absolute atomic E-state index is 12.7. The van der Waals surface area contributed by atoms with Crippen LogP contribution in [0.1, 0.15) is 44.0 Å². The molecule has 1 aliphatic rings. The van der Waals surface area contributed by atoms with Crippen LogP contribution in [0.2, 0.25) is 0 Å². The predicted molar refractivity (Wildman–Crippen MR) is 137 cm³/mol. The van der Waals surface area contributed by atoms with Gasteiger partial charge in [-0.15, -0.1) is 21.5 Å². The molecular weight excluding hydrogens is 482 g/mol. The number of para-hydroxylation sites is 1. The van der Waals surface area contributed by atoms with Gasteiger partial charge in [0.2, 0.25) is 5.91 Å². The Hall–Kier alpha value is -4.06. The third-order valence-electron chi connectivity index (χ3n) is 5.58. The quantitative estimate of drug-likeness (QED) is 0.397. The Bertz CT molecular complexity index is 1410. The largest absolute Gasteiger partial charge is 0.494 e. The van der Waals surface area contributed by atoms with Crippen LogP contribution in [0, 0.1) is 5.92 Å². The SMILES string of the molecule is [2H]C([2H])([2H])NC(=O)c1nnc(NC(=O)C2CC2)cc1Nc1cccc(-c2ncc(C(=O)N(C)CC)s2)c1OC. The van der Waals surface area contributed by atoms with Gasteiger partial charge in [-0.3, -0.25) is 14.4 Å². The number of aromatic nitrogens is 3. The molecule has 3 aromatic rings. The lowest BCUT2D eigenvalue weighted by Gasteiger charge is -2.16. The Morgan fingerprint density at radius 1 is 1.25 bits per heavy atom. The van der Waals surface area contributed by atoms with Crippen LogP contribution in [-0.2, 0) is 4.79 Å². The van der Waals surface area contributed by atoms with Gasteiger partial charge in [0, 0.05) is 36.7 Å². The predicted octanol–water partition coefficient (Wildman–Crippen LogP) is 3.15. The molecule has 0 radical (unpaired) electrons. The highest BCUT2D eigenvalue weighted by atomic mass is 32.1. The van der Waals surface area contributed by atoms with E-state index in [-0.39, 0.29) is 34.9 Å². The van der Waals surface area contributed by atoms with E-state index < -0.39 is 12.9 Å². The van der Waals surface area contributed by atoms with Crippen LogP contribution < -0.4 is 20.7 Å². The molecule has 0 saturated heterocycles. The van der Waals surface area contributed by atoms with Crippen molar-refractivity contribution < 1.29 is 23.2 Å². The molecule has 1 aliphatic carbocycles. The van der Waals surface area contributed by atoms with Crippen molar-refractivity contribution in [3.8, 4) is 16.3 Å². The molecule has 2 heterocycles. The van der Waals surface area contributed by atoms with E-state index in [1.165, 1.54) is 30.7 Å². The van der Waals surface area contributed by atoms with Gasteiger partial charge in [-0.2, -0.15) is 0 Å². The lowest BCUT2D eigenvalue weighted by Crippen LogP contribution is -2.25. The first-order valence-corrected chi connectivity index (χ1v) is 12.0. The summed E-state index contributed by atoms with van der Waals surface area (Å²) in [4.78, 5) is 44.0. The van der Waals surface area contributed by atoms with Gasteiger partial charge < -0.3 is 25.6 Å². The Balaban J connectivity index is 1.70. The fraction of sp³-hybridized carbons (Fsp3) is 0.333. The third kappa shape index (κ3) is 5.28. The number of hydrogen-bond acceptors (Lipinski definition) is 9. The highest BCUT2D eigenvalue weighted by Crippen LogP contribution is 2.40. The molecule has 0 atom stereocenters. The number of thiazole rings is 1. The fourth-order valence-electron chi connectivity index (χ4n) is 3.35. The van der Waals surface area contributed by atoms with Crippen molar-refractivity contribution in [3.05, 3.63) is 41.0 Å². The first-order chi connectivity index (χ1) is 18.5. The molecule has 2 aromatic heterocycles. The van der Waals surface area contributed by atoms with E-state index in [1.54, 1.807) is 30.1 Å². The number of amides is 3. The second-order valence-electron chi connectivity index (χ2n) is 8.07. The Morgan fingerprint density at radius 2 is 2.06 bits per heavy atom. The van der Waals surface area contributed by atoms with Crippen molar-refractivity contribution in [3.63, 3.8) is 0 Å². The summed E-state index contributed by atoms with van der Waals surface area (Å²) in [5.41, 5.74) is 0.781. The summed E-state index contributed by atoms with van der Waals surface area (Å²) in [5.74, 6) is -0.982. The first kappa shape index (κ1) is 21.2. The van der Waals surface area contributed by atoms with E-state index in [1.807, 2.05) is 12.2 Å². The molecule has 1 aromatic carbocycles. The number of carbonyl (C=O) groups is 3.